The number of esters is 2. The van der Waals surface area contributed by atoms with Gasteiger partial charge in [-0.1, -0.05) is 36.4 Å². The van der Waals surface area contributed by atoms with Crippen LogP contribution in [0.1, 0.15) is 34.6 Å². The summed E-state index contributed by atoms with van der Waals surface area (Å²) in [5, 5.41) is -0.115. The Balaban J connectivity index is 1.41. The van der Waals surface area contributed by atoms with E-state index in [0.29, 0.717) is 16.9 Å². The van der Waals surface area contributed by atoms with Gasteiger partial charge in [0.2, 0.25) is 0 Å². The minimum atomic E-state index is -0.806. The highest BCUT2D eigenvalue weighted by molar-refractivity contribution is 8.00. The fourth-order valence-corrected chi connectivity index (χ4v) is 4.90. The summed E-state index contributed by atoms with van der Waals surface area (Å²) in [5.74, 6) is -1.03. The molecule has 4 atom stereocenters. The molecule has 2 aliphatic rings. The zero-order valence-electron chi connectivity index (χ0n) is 16.9. The van der Waals surface area contributed by atoms with E-state index in [0.717, 1.165) is 0 Å². The standard InChI is InChI=1S/C23H24O6S/c1-23(2)28-19-17(27-22(25)16-11-7-4-8-12-16)14-30-18(20(19)29-23)13-26-21(24)15-9-5-3-6-10-15/h3-12,17-20H,13-14H2,1-2H3/t17-,18+,19+,20+/m0/s1. The smallest absolute Gasteiger partial charge is 0.338 e. The first-order valence-electron chi connectivity index (χ1n) is 9.88. The quantitative estimate of drug-likeness (QED) is 0.673. The average molecular weight is 429 g/mol. The van der Waals surface area contributed by atoms with Crippen LogP contribution in [0.3, 0.4) is 0 Å². The lowest BCUT2D eigenvalue weighted by molar-refractivity contribution is -0.153. The Morgan fingerprint density at radius 3 is 2.13 bits per heavy atom. The van der Waals surface area contributed by atoms with Gasteiger partial charge in [-0.25, -0.2) is 9.59 Å². The van der Waals surface area contributed by atoms with Crippen LogP contribution in [0.2, 0.25) is 0 Å². The number of hydrogen-bond acceptors (Lipinski definition) is 7. The molecule has 0 N–H and O–H groups in total. The number of fused-ring (bicyclic) bond motifs is 1. The zero-order chi connectivity index (χ0) is 21.1. The van der Waals surface area contributed by atoms with Crippen LogP contribution in [0.5, 0.6) is 0 Å². The van der Waals surface area contributed by atoms with E-state index < -0.39 is 18.0 Å². The Bertz CT molecular complexity index is 885. The molecule has 0 bridgehead atoms. The predicted molar refractivity (Wildman–Crippen MR) is 112 cm³/mol. The van der Waals surface area contributed by atoms with Crippen LogP contribution >= 0.6 is 11.8 Å². The van der Waals surface area contributed by atoms with E-state index in [1.54, 1.807) is 60.3 Å². The van der Waals surface area contributed by atoms with E-state index in [-0.39, 0.29) is 29.9 Å². The van der Waals surface area contributed by atoms with Crippen molar-refractivity contribution in [2.24, 2.45) is 0 Å². The van der Waals surface area contributed by atoms with Crippen LogP contribution in [0.15, 0.2) is 60.7 Å². The molecule has 6 nitrogen and oxygen atoms in total. The average Bonchev–Trinajstić information content (AvgIpc) is 3.09. The van der Waals surface area contributed by atoms with Gasteiger partial charge < -0.3 is 18.9 Å². The minimum Gasteiger partial charge on any atom is -0.461 e. The second-order valence-corrected chi connectivity index (χ2v) is 8.98. The first kappa shape index (κ1) is 20.9. The van der Waals surface area contributed by atoms with Crippen LogP contribution in [-0.2, 0) is 18.9 Å². The molecule has 2 aliphatic heterocycles. The maximum Gasteiger partial charge on any atom is 0.338 e. The highest BCUT2D eigenvalue weighted by Gasteiger charge is 2.53. The van der Waals surface area contributed by atoms with Crippen molar-refractivity contribution in [2.45, 2.75) is 43.2 Å². The normalized spacial score (nSPS) is 27.1. The lowest BCUT2D eigenvalue weighted by Gasteiger charge is -2.35. The highest BCUT2D eigenvalue weighted by atomic mass is 32.2. The summed E-state index contributed by atoms with van der Waals surface area (Å²) in [6.45, 7) is 3.86. The number of hydrogen-bond donors (Lipinski definition) is 0. The molecule has 2 heterocycles. The Labute approximate surface area is 179 Å². The molecule has 2 aromatic rings. The molecule has 30 heavy (non-hydrogen) atoms. The predicted octanol–water partition coefficient (Wildman–Crippen LogP) is 3.70. The number of rotatable bonds is 5. The van der Waals surface area contributed by atoms with Crippen molar-refractivity contribution in [3.05, 3.63) is 71.8 Å². The van der Waals surface area contributed by atoms with Gasteiger partial charge in [0.15, 0.2) is 5.79 Å². The van der Waals surface area contributed by atoms with Gasteiger partial charge in [-0.15, -0.1) is 11.8 Å². The fourth-order valence-electron chi connectivity index (χ4n) is 3.64. The summed E-state index contributed by atoms with van der Waals surface area (Å²) in [4.78, 5) is 24.8. The summed E-state index contributed by atoms with van der Waals surface area (Å²) in [7, 11) is 0. The number of ether oxygens (including phenoxy) is 4. The van der Waals surface area contributed by atoms with Crippen molar-refractivity contribution >= 4 is 23.7 Å². The van der Waals surface area contributed by atoms with Crippen LogP contribution in [0, 0.1) is 0 Å². The van der Waals surface area contributed by atoms with Crippen LogP contribution in [-0.4, -0.2) is 53.6 Å². The number of carbonyl (C=O) groups is 2. The van der Waals surface area contributed by atoms with E-state index in [1.807, 2.05) is 26.0 Å². The van der Waals surface area contributed by atoms with Crippen molar-refractivity contribution in [1.29, 1.82) is 0 Å². The first-order chi connectivity index (χ1) is 14.4. The van der Waals surface area contributed by atoms with E-state index in [1.165, 1.54) is 0 Å². The van der Waals surface area contributed by atoms with Gasteiger partial charge in [0, 0.05) is 5.75 Å². The monoisotopic (exact) mass is 428 g/mol. The highest BCUT2D eigenvalue weighted by Crippen LogP contribution is 2.41. The van der Waals surface area contributed by atoms with Crippen molar-refractivity contribution < 1.29 is 28.5 Å². The Kier molecular flexibility index (Phi) is 6.13. The summed E-state index contributed by atoms with van der Waals surface area (Å²) in [5.41, 5.74) is 1.00. The molecule has 0 aliphatic carbocycles. The molecule has 0 saturated carbocycles. The van der Waals surface area contributed by atoms with E-state index in [9.17, 15) is 9.59 Å². The Morgan fingerprint density at radius 1 is 0.933 bits per heavy atom. The van der Waals surface area contributed by atoms with Gasteiger partial charge in [0.05, 0.1) is 16.4 Å². The summed E-state index contributed by atoms with van der Waals surface area (Å²) >= 11 is 1.56. The third kappa shape index (κ3) is 4.69. The molecule has 0 aromatic heterocycles. The van der Waals surface area contributed by atoms with Crippen molar-refractivity contribution in [2.75, 3.05) is 12.4 Å². The molecule has 2 saturated heterocycles. The van der Waals surface area contributed by atoms with Crippen molar-refractivity contribution in [1.82, 2.24) is 0 Å². The van der Waals surface area contributed by atoms with Gasteiger partial charge in [-0.2, -0.15) is 0 Å². The third-order valence-corrected chi connectivity index (χ3v) is 6.38. The fraction of sp³-hybridized carbons (Fsp3) is 0.391. The first-order valence-corrected chi connectivity index (χ1v) is 10.9. The van der Waals surface area contributed by atoms with Crippen LogP contribution in [0.4, 0.5) is 0 Å². The lowest BCUT2D eigenvalue weighted by atomic mass is 10.1. The maximum absolute atomic E-state index is 12.5. The molecule has 0 amide bonds. The Morgan fingerprint density at radius 2 is 1.50 bits per heavy atom. The molecular formula is C23H24O6S. The van der Waals surface area contributed by atoms with Crippen molar-refractivity contribution in [3.63, 3.8) is 0 Å². The maximum atomic E-state index is 12.5. The molecule has 2 aromatic carbocycles. The van der Waals surface area contributed by atoms with Gasteiger partial charge in [-0.05, 0) is 38.1 Å². The molecule has 0 radical (unpaired) electrons. The van der Waals surface area contributed by atoms with Crippen LogP contribution < -0.4 is 0 Å². The molecule has 4 rings (SSSR count). The SMILES string of the molecule is CC1(C)O[C@H]2[C@H](O1)[C@@H](COC(=O)c1ccccc1)SC[C@@H]2OC(=O)c1ccccc1. The van der Waals surface area contributed by atoms with E-state index >= 15 is 0 Å². The topological polar surface area (TPSA) is 71.1 Å². The molecule has 0 unspecified atom stereocenters. The largest absolute Gasteiger partial charge is 0.461 e. The Hall–Kier alpha value is -2.35. The number of benzene rings is 2. The molecular weight excluding hydrogens is 404 g/mol. The molecule has 2 fully saturated rings. The number of carbonyl (C=O) groups excluding carboxylic acids is 2. The van der Waals surface area contributed by atoms with Crippen molar-refractivity contribution in [3.8, 4) is 0 Å². The van der Waals surface area contributed by atoms with Crippen LogP contribution in [0.25, 0.3) is 0 Å². The van der Waals surface area contributed by atoms with Gasteiger partial charge in [0.25, 0.3) is 0 Å². The summed E-state index contributed by atoms with van der Waals surface area (Å²) < 4.78 is 23.4. The second-order valence-electron chi connectivity index (χ2n) is 7.71. The van der Waals surface area contributed by atoms with Gasteiger partial charge >= 0.3 is 11.9 Å². The molecule has 0 spiro atoms. The third-order valence-electron chi connectivity index (χ3n) is 5.03. The molecule has 158 valence electrons. The molecule has 7 heteroatoms. The van der Waals surface area contributed by atoms with E-state index in [4.69, 9.17) is 18.9 Å². The zero-order valence-corrected chi connectivity index (χ0v) is 17.7. The summed E-state index contributed by atoms with van der Waals surface area (Å²) in [6.07, 6.45) is -1.22. The number of thioether (sulfide) groups is 1. The lowest BCUT2D eigenvalue weighted by Crippen LogP contribution is -2.50. The summed E-state index contributed by atoms with van der Waals surface area (Å²) in [6, 6.07) is 17.8. The van der Waals surface area contributed by atoms with Gasteiger partial charge in [0.1, 0.15) is 24.9 Å². The minimum absolute atomic E-state index is 0.115. The van der Waals surface area contributed by atoms with Gasteiger partial charge in [-0.3, -0.25) is 0 Å². The van der Waals surface area contributed by atoms with E-state index in [2.05, 4.69) is 0 Å². The second kappa shape index (κ2) is 8.79.